The van der Waals surface area contributed by atoms with Gasteiger partial charge in [0.2, 0.25) is 0 Å². The predicted octanol–water partition coefficient (Wildman–Crippen LogP) is 7.96. The van der Waals surface area contributed by atoms with E-state index in [4.69, 9.17) is 0 Å². The summed E-state index contributed by atoms with van der Waals surface area (Å²) >= 11 is 0. The molecule has 0 bridgehead atoms. The molecule has 2 N–H and O–H groups in total. The summed E-state index contributed by atoms with van der Waals surface area (Å²) in [4.78, 5) is 7.62. The van der Waals surface area contributed by atoms with Crippen molar-refractivity contribution in [2.75, 3.05) is 0 Å². The lowest BCUT2D eigenvalue weighted by Crippen LogP contribution is -2.06. The minimum Gasteiger partial charge on any atom is -0.357 e. The number of benzene rings is 4. The summed E-state index contributed by atoms with van der Waals surface area (Å²) in [6.45, 7) is 0. The first-order valence-corrected chi connectivity index (χ1v) is 11.8. The summed E-state index contributed by atoms with van der Waals surface area (Å²) in [6, 6.07) is 35.4. The van der Waals surface area contributed by atoms with Crippen molar-refractivity contribution in [1.82, 2.24) is 9.97 Å². The molecule has 0 aliphatic heterocycles. The number of aromatic nitrogens is 2. The number of aromatic amines is 2. The van der Waals surface area contributed by atoms with Crippen LogP contribution in [-0.4, -0.2) is 9.97 Å². The molecule has 2 aliphatic carbocycles. The van der Waals surface area contributed by atoms with Crippen molar-refractivity contribution in [1.29, 1.82) is 0 Å². The van der Waals surface area contributed by atoms with Crippen molar-refractivity contribution in [3.63, 3.8) is 0 Å². The fourth-order valence-electron chi connectivity index (χ4n) is 6.52. The third-order valence-corrected chi connectivity index (χ3v) is 7.85. The molecule has 156 valence electrons. The van der Waals surface area contributed by atoms with Crippen molar-refractivity contribution in [3.05, 3.63) is 120 Å². The Kier molecular flexibility index (Phi) is 3.32. The number of H-pyrrole nitrogens is 2. The largest absolute Gasteiger partial charge is 0.357 e. The molecular formula is C31H22N2. The highest BCUT2D eigenvalue weighted by Crippen LogP contribution is 2.56. The molecular weight excluding hydrogens is 400 g/mol. The van der Waals surface area contributed by atoms with E-state index in [0.29, 0.717) is 11.8 Å². The summed E-state index contributed by atoms with van der Waals surface area (Å²) in [5, 5.41) is 2.67. The molecule has 0 saturated carbocycles. The molecule has 4 aromatic carbocycles. The molecule has 33 heavy (non-hydrogen) atoms. The van der Waals surface area contributed by atoms with E-state index in [2.05, 4.69) is 107 Å². The van der Waals surface area contributed by atoms with Crippen molar-refractivity contribution in [2.24, 2.45) is 0 Å². The first-order valence-electron chi connectivity index (χ1n) is 11.8. The Morgan fingerprint density at radius 1 is 0.485 bits per heavy atom. The third-order valence-electron chi connectivity index (χ3n) is 7.85. The van der Waals surface area contributed by atoms with Gasteiger partial charge in [0.05, 0.1) is 0 Å². The summed E-state index contributed by atoms with van der Waals surface area (Å²) < 4.78 is 0. The van der Waals surface area contributed by atoms with E-state index < -0.39 is 0 Å². The van der Waals surface area contributed by atoms with Gasteiger partial charge >= 0.3 is 0 Å². The lowest BCUT2D eigenvalue weighted by Gasteiger charge is -2.19. The smallest absolute Gasteiger partial charge is 0.0462 e. The van der Waals surface area contributed by atoms with Crippen molar-refractivity contribution in [3.8, 4) is 22.3 Å². The Labute approximate surface area is 191 Å². The van der Waals surface area contributed by atoms with Crippen molar-refractivity contribution >= 4 is 21.8 Å². The molecule has 2 aromatic heterocycles. The van der Waals surface area contributed by atoms with Gasteiger partial charge in [-0.25, -0.2) is 0 Å². The van der Waals surface area contributed by atoms with Crippen molar-refractivity contribution < 1.29 is 0 Å². The van der Waals surface area contributed by atoms with Crippen LogP contribution in [0.3, 0.4) is 0 Å². The second-order valence-corrected chi connectivity index (χ2v) is 9.43. The zero-order chi connectivity index (χ0) is 21.5. The molecule has 0 saturated heterocycles. The van der Waals surface area contributed by atoms with Gasteiger partial charge in [-0.3, -0.25) is 0 Å². The summed E-state index contributed by atoms with van der Waals surface area (Å²) in [7, 11) is 0. The van der Waals surface area contributed by atoms with Crippen LogP contribution in [0.2, 0.25) is 0 Å². The fraction of sp³-hybridized carbons (Fsp3) is 0.0968. The van der Waals surface area contributed by atoms with E-state index >= 15 is 0 Å². The van der Waals surface area contributed by atoms with Crippen LogP contribution in [0.4, 0.5) is 0 Å². The molecule has 2 aliphatic rings. The number of hydrogen-bond donors (Lipinski definition) is 2. The highest BCUT2D eigenvalue weighted by Gasteiger charge is 2.38. The Hall–Kier alpha value is -4.04. The monoisotopic (exact) mass is 422 g/mol. The van der Waals surface area contributed by atoms with Crippen LogP contribution in [-0.2, 0) is 0 Å². The van der Waals surface area contributed by atoms with Gasteiger partial charge in [0.15, 0.2) is 0 Å². The van der Waals surface area contributed by atoms with Crippen LogP contribution in [0.15, 0.2) is 97.1 Å². The molecule has 6 aromatic rings. The fourth-order valence-corrected chi connectivity index (χ4v) is 6.52. The molecule has 0 fully saturated rings. The molecule has 2 heteroatoms. The van der Waals surface area contributed by atoms with E-state index in [0.717, 1.165) is 6.42 Å². The summed E-state index contributed by atoms with van der Waals surface area (Å²) in [5.74, 6) is 0.693. The zero-order valence-electron chi connectivity index (χ0n) is 18.1. The predicted molar refractivity (Wildman–Crippen MR) is 136 cm³/mol. The Morgan fingerprint density at radius 3 is 1.42 bits per heavy atom. The highest BCUT2D eigenvalue weighted by molar-refractivity contribution is 6.02. The van der Waals surface area contributed by atoms with Crippen LogP contribution >= 0.6 is 0 Å². The molecule has 0 radical (unpaired) electrons. The van der Waals surface area contributed by atoms with E-state index in [-0.39, 0.29) is 0 Å². The molecule has 2 heterocycles. The lowest BCUT2D eigenvalue weighted by molar-refractivity contribution is 0.644. The Balaban J connectivity index is 1.34. The molecule has 0 spiro atoms. The first kappa shape index (κ1) is 17.5. The molecule has 2 nitrogen and oxygen atoms in total. The average molecular weight is 423 g/mol. The normalized spacial score (nSPS) is 17.8. The molecule has 8 rings (SSSR count). The number of fused-ring (bicyclic) bond motifs is 10. The van der Waals surface area contributed by atoms with Crippen LogP contribution < -0.4 is 0 Å². The highest BCUT2D eigenvalue weighted by atomic mass is 14.8. The molecule has 2 atom stereocenters. The second-order valence-electron chi connectivity index (χ2n) is 9.43. The summed E-state index contributed by atoms with van der Waals surface area (Å²) in [6.07, 6.45) is 1.05. The second kappa shape index (κ2) is 6.26. The zero-order valence-corrected chi connectivity index (χ0v) is 18.1. The lowest BCUT2D eigenvalue weighted by atomic mass is 9.85. The standard InChI is InChI=1S/C31H22N2/c1-3-11-20-18(9-1)24(30-28(20)22-13-5-7-15-26(22)32-30)17-25-19-10-2-4-12-21(19)29-23-14-6-8-16-27(23)33-31(25)29/h1-16,24-25,32-33H,17H2. The minimum absolute atomic E-state index is 0.346. The topological polar surface area (TPSA) is 31.6 Å². The van der Waals surface area contributed by atoms with E-state index in [1.54, 1.807) is 0 Å². The van der Waals surface area contributed by atoms with Gasteiger partial charge in [-0.05, 0) is 40.8 Å². The minimum atomic E-state index is 0.346. The van der Waals surface area contributed by atoms with Crippen LogP contribution in [0, 0.1) is 0 Å². The summed E-state index contributed by atoms with van der Waals surface area (Å²) in [5.41, 5.74) is 13.7. The van der Waals surface area contributed by atoms with Crippen LogP contribution in [0.1, 0.15) is 40.8 Å². The molecule has 2 unspecified atom stereocenters. The first-order chi connectivity index (χ1) is 16.4. The van der Waals surface area contributed by atoms with Gasteiger partial charge in [0.1, 0.15) is 0 Å². The van der Waals surface area contributed by atoms with Crippen LogP contribution in [0.5, 0.6) is 0 Å². The van der Waals surface area contributed by atoms with E-state index in [1.165, 1.54) is 66.6 Å². The third kappa shape index (κ3) is 2.23. The van der Waals surface area contributed by atoms with E-state index in [1.807, 2.05) is 0 Å². The number of hydrogen-bond acceptors (Lipinski definition) is 0. The van der Waals surface area contributed by atoms with Crippen LogP contribution in [0.25, 0.3) is 44.1 Å². The van der Waals surface area contributed by atoms with Gasteiger partial charge in [0, 0.05) is 56.2 Å². The maximum absolute atomic E-state index is 3.81. The molecule has 0 amide bonds. The number of rotatable bonds is 2. The van der Waals surface area contributed by atoms with Gasteiger partial charge < -0.3 is 9.97 Å². The van der Waals surface area contributed by atoms with Gasteiger partial charge in [0.25, 0.3) is 0 Å². The number of nitrogens with one attached hydrogen (secondary N) is 2. The van der Waals surface area contributed by atoms with E-state index in [9.17, 15) is 0 Å². The maximum atomic E-state index is 3.81. The quantitative estimate of drug-likeness (QED) is 0.284. The van der Waals surface area contributed by atoms with Gasteiger partial charge in [-0.2, -0.15) is 0 Å². The Bertz CT molecular complexity index is 1590. The Morgan fingerprint density at radius 2 is 0.909 bits per heavy atom. The van der Waals surface area contributed by atoms with Gasteiger partial charge in [-0.1, -0.05) is 84.9 Å². The maximum Gasteiger partial charge on any atom is 0.0462 e. The number of para-hydroxylation sites is 2. The van der Waals surface area contributed by atoms with Gasteiger partial charge in [-0.15, -0.1) is 0 Å². The average Bonchev–Trinajstić information content (AvgIpc) is 3.58. The van der Waals surface area contributed by atoms with Crippen molar-refractivity contribution in [2.45, 2.75) is 18.3 Å². The SMILES string of the molecule is c1ccc2c(c1)-c1c([nH]c3ccccc13)C2CC1c2ccccc2-c2c1[nH]c1ccccc21.